The molecule has 1 unspecified atom stereocenters. The molecule has 0 aromatic heterocycles. The summed E-state index contributed by atoms with van der Waals surface area (Å²) in [6, 6.07) is 17.9. The van der Waals surface area contributed by atoms with Crippen molar-refractivity contribution in [2.45, 2.75) is 40.0 Å². The van der Waals surface area contributed by atoms with Crippen LogP contribution in [0.5, 0.6) is 5.75 Å². The number of hydrogen-bond donors (Lipinski definition) is 0. The molecule has 0 aliphatic heterocycles. The summed E-state index contributed by atoms with van der Waals surface area (Å²) >= 11 is 0. The van der Waals surface area contributed by atoms with E-state index < -0.39 is 0 Å². The summed E-state index contributed by atoms with van der Waals surface area (Å²) in [6.45, 7) is 7.36. The van der Waals surface area contributed by atoms with Crippen LogP contribution >= 0.6 is 0 Å². The van der Waals surface area contributed by atoms with Crippen molar-refractivity contribution in [1.82, 2.24) is 0 Å². The van der Waals surface area contributed by atoms with E-state index in [2.05, 4.69) is 51.1 Å². The summed E-state index contributed by atoms with van der Waals surface area (Å²) in [7, 11) is 0. The first-order valence-electron chi connectivity index (χ1n) is 10.3. The van der Waals surface area contributed by atoms with E-state index in [9.17, 15) is 0 Å². The topological polar surface area (TPSA) is 33.0 Å². The molecule has 0 bridgehead atoms. The standard InChI is InChI=1S/C27H31NO/c1-22(2)7-6-8-23(3)19-20-29-27-17-15-25(16-18-27)10-5-4-9-24-11-13-26(21-28)14-12-24/h4-5,7,9-18,23H,6,8,19-20H2,1-3H3/b9-4+,10-5+. The molecule has 2 aromatic rings. The van der Waals surface area contributed by atoms with Gasteiger partial charge in [-0.15, -0.1) is 0 Å². The van der Waals surface area contributed by atoms with Gasteiger partial charge in [-0.05, 0) is 74.4 Å². The molecule has 2 nitrogen and oxygen atoms in total. The van der Waals surface area contributed by atoms with Crippen LogP contribution in [0.3, 0.4) is 0 Å². The highest BCUT2D eigenvalue weighted by Crippen LogP contribution is 2.16. The maximum atomic E-state index is 8.82. The van der Waals surface area contributed by atoms with Gasteiger partial charge >= 0.3 is 0 Å². The van der Waals surface area contributed by atoms with E-state index >= 15 is 0 Å². The van der Waals surface area contributed by atoms with E-state index in [0.717, 1.165) is 36.3 Å². The van der Waals surface area contributed by atoms with Gasteiger partial charge in [0.15, 0.2) is 0 Å². The van der Waals surface area contributed by atoms with Gasteiger partial charge in [-0.2, -0.15) is 5.26 Å². The number of nitrogens with zero attached hydrogens (tertiary/aromatic N) is 1. The minimum absolute atomic E-state index is 0.677. The van der Waals surface area contributed by atoms with Gasteiger partial charge in [0.1, 0.15) is 5.75 Å². The van der Waals surface area contributed by atoms with Crippen LogP contribution in [0, 0.1) is 17.2 Å². The highest BCUT2D eigenvalue weighted by molar-refractivity contribution is 5.58. The lowest BCUT2D eigenvalue weighted by atomic mass is 10.0. The molecular weight excluding hydrogens is 354 g/mol. The van der Waals surface area contributed by atoms with Gasteiger partial charge in [0.2, 0.25) is 0 Å². The molecule has 0 aliphatic rings. The first kappa shape index (κ1) is 22.2. The van der Waals surface area contributed by atoms with Crippen LogP contribution in [0.4, 0.5) is 0 Å². The molecule has 0 radical (unpaired) electrons. The fraction of sp³-hybridized carbons (Fsp3) is 0.296. The first-order valence-corrected chi connectivity index (χ1v) is 10.3. The summed E-state index contributed by atoms with van der Waals surface area (Å²) in [5.41, 5.74) is 4.29. The van der Waals surface area contributed by atoms with Gasteiger partial charge in [-0.25, -0.2) is 0 Å². The number of hydrogen-bond acceptors (Lipinski definition) is 2. The average molecular weight is 386 g/mol. The third kappa shape index (κ3) is 9.12. The quantitative estimate of drug-likeness (QED) is 0.314. The molecule has 2 rings (SSSR count). The van der Waals surface area contributed by atoms with Crippen molar-refractivity contribution in [1.29, 1.82) is 5.26 Å². The summed E-state index contributed by atoms with van der Waals surface area (Å²) in [5, 5.41) is 8.82. The lowest BCUT2D eigenvalue weighted by Crippen LogP contribution is -2.04. The van der Waals surface area contributed by atoms with Crippen LogP contribution in [0.2, 0.25) is 0 Å². The Bertz CT molecular complexity index is 860. The number of benzene rings is 2. The van der Waals surface area contributed by atoms with E-state index in [1.807, 2.05) is 54.6 Å². The Morgan fingerprint density at radius 2 is 1.52 bits per heavy atom. The van der Waals surface area contributed by atoms with E-state index in [0.29, 0.717) is 11.5 Å². The van der Waals surface area contributed by atoms with Crippen LogP contribution < -0.4 is 4.74 Å². The van der Waals surface area contributed by atoms with Crippen molar-refractivity contribution in [2.75, 3.05) is 6.61 Å². The minimum atomic E-state index is 0.677. The Hall–Kier alpha value is -3.05. The summed E-state index contributed by atoms with van der Waals surface area (Å²) in [4.78, 5) is 0. The van der Waals surface area contributed by atoms with Crippen molar-refractivity contribution in [3.05, 3.63) is 89.0 Å². The molecule has 29 heavy (non-hydrogen) atoms. The summed E-state index contributed by atoms with van der Waals surface area (Å²) in [5.74, 6) is 1.60. The highest BCUT2D eigenvalue weighted by atomic mass is 16.5. The smallest absolute Gasteiger partial charge is 0.119 e. The van der Waals surface area contributed by atoms with Crippen molar-refractivity contribution in [3.63, 3.8) is 0 Å². The van der Waals surface area contributed by atoms with Crippen LogP contribution in [0.1, 0.15) is 56.7 Å². The number of nitriles is 1. The largest absolute Gasteiger partial charge is 0.494 e. The molecule has 0 amide bonds. The molecule has 2 heteroatoms. The lowest BCUT2D eigenvalue weighted by molar-refractivity contribution is 0.279. The zero-order valence-electron chi connectivity index (χ0n) is 17.8. The lowest BCUT2D eigenvalue weighted by Gasteiger charge is -2.11. The maximum Gasteiger partial charge on any atom is 0.119 e. The molecular formula is C27H31NO. The predicted molar refractivity (Wildman–Crippen MR) is 124 cm³/mol. The van der Waals surface area contributed by atoms with Crippen molar-refractivity contribution >= 4 is 12.2 Å². The Morgan fingerprint density at radius 1 is 0.931 bits per heavy atom. The highest BCUT2D eigenvalue weighted by Gasteiger charge is 2.02. The van der Waals surface area contributed by atoms with Gasteiger partial charge in [-0.1, -0.05) is 67.1 Å². The van der Waals surface area contributed by atoms with Crippen molar-refractivity contribution in [2.24, 2.45) is 5.92 Å². The normalized spacial score (nSPS) is 12.1. The summed E-state index contributed by atoms with van der Waals surface area (Å²) < 4.78 is 5.89. The van der Waals surface area contributed by atoms with Crippen LogP contribution in [-0.2, 0) is 0 Å². The third-order valence-electron chi connectivity index (χ3n) is 4.70. The number of allylic oxidation sites excluding steroid dienone is 4. The second kappa shape index (κ2) is 12.4. The molecule has 0 aliphatic carbocycles. The zero-order chi connectivity index (χ0) is 20.9. The third-order valence-corrected chi connectivity index (χ3v) is 4.70. The van der Waals surface area contributed by atoms with E-state index in [1.165, 1.54) is 12.0 Å². The SMILES string of the molecule is CC(C)=CCCC(C)CCOc1ccc(/C=C/C=C/c2ccc(C#N)cc2)cc1. The summed E-state index contributed by atoms with van der Waals surface area (Å²) in [6.07, 6.45) is 13.9. The van der Waals surface area contributed by atoms with E-state index in [4.69, 9.17) is 10.00 Å². The second-order valence-corrected chi connectivity index (χ2v) is 7.62. The van der Waals surface area contributed by atoms with Gasteiger partial charge in [0, 0.05) is 0 Å². The average Bonchev–Trinajstić information content (AvgIpc) is 2.72. The maximum absolute atomic E-state index is 8.82. The molecule has 0 heterocycles. The molecule has 0 saturated heterocycles. The number of ether oxygens (including phenoxy) is 1. The molecule has 150 valence electrons. The van der Waals surface area contributed by atoms with Crippen LogP contribution in [0.25, 0.3) is 12.2 Å². The van der Waals surface area contributed by atoms with Gasteiger partial charge in [0.05, 0.1) is 18.2 Å². The Kier molecular flexibility index (Phi) is 9.52. The van der Waals surface area contributed by atoms with E-state index in [1.54, 1.807) is 0 Å². The predicted octanol–water partition coefficient (Wildman–Crippen LogP) is 7.44. The second-order valence-electron chi connectivity index (χ2n) is 7.62. The zero-order valence-corrected chi connectivity index (χ0v) is 17.8. The Labute approximate surface area is 175 Å². The van der Waals surface area contributed by atoms with Gasteiger partial charge < -0.3 is 4.74 Å². The fourth-order valence-electron chi connectivity index (χ4n) is 2.86. The van der Waals surface area contributed by atoms with Crippen molar-refractivity contribution in [3.8, 4) is 11.8 Å². The molecule has 0 saturated carbocycles. The van der Waals surface area contributed by atoms with Crippen LogP contribution in [0.15, 0.2) is 72.3 Å². The van der Waals surface area contributed by atoms with Crippen LogP contribution in [-0.4, -0.2) is 6.61 Å². The molecule has 1 atom stereocenters. The number of rotatable bonds is 10. The molecule has 0 spiro atoms. The Balaban J connectivity index is 1.73. The monoisotopic (exact) mass is 385 g/mol. The van der Waals surface area contributed by atoms with Crippen molar-refractivity contribution < 1.29 is 4.74 Å². The minimum Gasteiger partial charge on any atom is -0.494 e. The fourth-order valence-corrected chi connectivity index (χ4v) is 2.86. The Morgan fingerprint density at radius 3 is 2.07 bits per heavy atom. The molecule has 0 fully saturated rings. The van der Waals surface area contributed by atoms with Gasteiger partial charge in [0.25, 0.3) is 0 Å². The van der Waals surface area contributed by atoms with Gasteiger partial charge in [-0.3, -0.25) is 0 Å². The first-order chi connectivity index (χ1) is 14.1. The molecule has 0 N–H and O–H groups in total. The molecule has 2 aromatic carbocycles. The van der Waals surface area contributed by atoms with E-state index in [-0.39, 0.29) is 0 Å².